The van der Waals surface area contributed by atoms with Crippen LogP contribution in [0.4, 0.5) is 5.69 Å². The molecule has 5 heteroatoms. The molecule has 0 aromatic heterocycles. The van der Waals surface area contributed by atoms with Gasteiger partial charge in [-0.15, -0.1) is 0 Å². The Kier molecular flexibility index (Phi) is 4.22. The predicted octanol–water partition coefficient (Wildman–Crippen LogP) is 3.04. The number of aliphatic hydroxyl groups excluding tert-OH is 1. The number of rotatable bonds is 6. The summed E-state index contributed by atoms with van der Waals surface area (Å²) in [5, 5.41) is 21.3. The Morgan fingerprint density at radius 1 is 1.24 bits per heavy atom. The van der Waals surface area contributed by atoms with Crippen LogP contribution in [0.2, 0.25) is 0 Å². The Morgan fingerprint density at radius 2 is 1.90 bits per heavy atom. The maximum atomic E-state index is 10.8. The van der Waals surface area contributed by atoms with Crippen molar-refractivity contribution in [1.29, 1.82) is 0 Å². The molecule has 114 valence electrons. The summed E-state index contributed by atoms with van der Waals surface area (Å²) in [6.45, 7) is 0.594. The lowest BCUT2D eigenvalue weighted by Gasteiger charge is -2.30. The van der Waals surface area contributed by atoms with E-state index in [1.165, 1.54) is 50.7 Å². The average Bonchev–Trinajstić information content (AvgIpc) is 3.18. The lowest BCUT2D eigenvalue weighted by molar-refractivity contribution is -0.385. The maximum absolute atomic E-state index is 10.8. The molecule has 1 N–H and O–H groups in total. The van der Waals surface area contributed by atoms with Gasteiger partial charge in [-0.2, -0.15) is 0 Å². The third kappa shape index (κ3) is 3.41. The highest BCUT2D eigenvalue weighted by atomic mass is 16.6. The van der Waals surface area contributed by atoms with Crippen molar-refractivity contribution in [1.82, 2.24) is 4.90 Å². The van der Waals surface area contributed by atoms with E-state index in [0.29, 0.717) is 24.2 Å². The molecular weight excluding hydrogens is 268 g/mol. The summed E-state index contributed by atoms with van der Waals surface area (Å²) in [4.78, 5) is 12.9. The lowest BCUT2D eigenvalue weighted by atomic mass is 10.1. The standard InChI is InChI=1S/C16H22N2O3/c19-16(12-4-3-7-15(10-12)18(20)21)11-17(14-8-9-14)13-5-1-2-6-13/h3-4,7,10,13-14,16,19H,1-2,5-6,8-9,11H2. The number of nitrogens with zero attached hydrogens (tertiary/aromatic N) is 2. The second kappa shape index (κ2) is 6.12. The minimum Gasteiger partial charge on any atom is -0.387 e. The van der Waals surface area contributed by atoms with Gasteiger partial charge in [-0.1, -0.05) is 25.0 Å². The van der Waals surface area contributed by atoms with Crippen LogP contribution in [0.3, 0.4) is 0 Å². The molecule has 0 spiro atoms. The largest absolute Gasteiger partial charge is 0.387 e. The van der Waals surface area contributed by atoms with Crippen LogP contribution in [0.25, 0.3) is 0 Å². The van der Waals surface area contributed by atoms with Gasteiger partial charge in [0.2, 0.25) is 0 Å². The topological polar surface area (TPSA) is 66.6 Å². The molecule has 2 fully saturated rings. The highest BCUT2D eigenvalue weighted by Crippen LogP contribution is 2.35. The normalized spacial score (nSPS) is 20.9. The molecule has 2 saturated carbocycles. The minimum absolute atomic E-state index is 0.0467. The van der Waals surface area contributed by atoms with Gasteiger partial charge < -0.3 is 5.11 Å². The Hall–Kier alpha value is -1.46. The summed E-state index contributed by atoms with van der Waals surface area (Å²) in [6.07, 6.45) is 6.79. The van der Waals surface area contributed by atoms with E-state index in [0.717, 1.165) is 0 Å². The van der Waals surface area contributed by atoms with Crippen LogP contribution in [0.15, 0.2) is 24.3 Å². The molecule has 1 aromatic rings. The van der Waals surface area contributed by atoms with Gasteiger partial charge >= 0.3 is 0 Å². The molecule has 1 unspecified atom stereocenters. The van der Waals surface area contributed by atoms with Crippen LogP contribution in [-0.4, -0.2) is 33.6 Å². The second-order valence-corrected chi connectivity index (χ2v) is 6.23. The number of nitro groups is 1. The Balaban J connectivity index is 1.70. The molecule has 21 heavy (non-hydrogen) atoms. The van der Waals surface area contributed by atoms with Gasteiger partial charge in [0.05, 0.1) is 11.0 Å². The van der Waals surface area contributed by atoms with Gasteiger partial charge in [-0.3, -0.25) is 15.0 Å². The number of hydrogen-bond acceptors (Lipinski definition) is 4. The fourth-order valence-electron chi connectivity index (χ4n) is 3.39. The number of aliphatic hydroxyl groups is 1. The van der Waals surface area contributed by atoms with E-state index in [4.69, 9.17) is 0 Å². The molecule has 0 aliphatic heterocycles. The molecule has 5 nitrogen and oxygen atoms in total. The van der Waals surface area contributed by atoms with Crippen molar-refractivity contribution in [2.75, 3.05) is 6.54 Å². The highest BCUT2D eigenvalue weighted by Gasteiger charge is 2.36. The number of nitro benzene ring substituents is 1. The summed E-state index contributed by atoms with van der Waals surface area (Å²) in [5.74, 6) is 0. The van der Waals surface area contributed by atoms with Crippen molar-refractivity contribution in [3.63, 3.8) is 0 Å². The molecule has 0 saturated heterocycles. The molecule has 0 amide bonds. The van der Waals surface area contributed by atoms with Gasteiger partial charge in [0, 0.05) is 30.8 Å². The van der Waals surface area contributed by atoms with Crippen LogP contribution in [-0.2, 0) is 0 Å². The van der Waals surface area contributed by atoms with Crippen LogP contribution < -0.4 is 0 Å². The van der Waals surface area contributed by atoms with Gasteiger partial charge in [-0.05, 0) is 31.2 Å². The molecule has 1 atom stereocenters. The zero-order chi connectivity index (χ0) is 14.8. The lowest BCUT2D eigenvalue weighted by Crippen LogP contribution is -2.38. The zero-order valence-corrected chi connectivity index (χ0v) is 12.1. The molecule has 2 aliphatic carbocycles. The van der Waals surface area contributed by atoms with Gasteiger partial charge in [0.15, 0.2) is 0 Å². The van der Waals surface area contributed by atoms with E-state index in [1.54, 1.807) is 12.1 Å². The average molecular weight is 290 g/mol. The predicted molar refractivity (Wildman–Crippen MR) is 80.0 cm³/mol. The zero-order valence-electron chi connectivity index (χ0n) is 12.1. The fraction of sp³-hybridized carbons (Fsp3) is 0.625. The van der Waals surface area contributed by atoms with E-state index in [1.807, 2.05) is 0 Å². The van der Waals surface area contributed by atoms with Crippen LogP contribution in [0.5, 0.6) is 0 Å². The molecule has 2 aliphatic rings. The third-order valence-electron chi connectivity index (χ3n) is 4.66. The van der Waals surface area contributed by atoms with Crippen LogP contribution in [0, 0.1) is 10.1 Å². The number of hydrogen-bond donors (Lipinski definition) is 1. The minimum atomic E-state index is -0.647. The van der Waals surface area contributed by atoms with E-state index in [9.17, 15) is 15.2 Å². The van der Waals surface area contributed by atoms with Gasteiger partial charge in [0.25, 0.3) is 5.69 Å². The van der Waals surface area contributed by atoms with Crippen molar-refractivity contribution in [2.24, 2.45) is 0 Å². The first kappa shape index (κ1) is 14.5. The van der Waals surface area contributed by atoms with Crippen LogP contribution >= 0.6 is 0 Å². The van der Waals surface area contributed by atoms with Crippen molar-refractivity contribution < 1.29 is 10.0 Å². The van der Waals surface area contributed by atoms with Crippen molar-refractivity contribution in [3.8, 4) is 0 Å². The number of benzene rings is 1. The first-order valence-electron chi connectivity index (χ1n) is 7.83. The third-order valence-corrected chi connectivity index (χ3v) is 4.66. The first-order chi connectivity index (χ1) is 10.1. The summed E-state index contributed by atoms with van der Waals surface area (Å²) in [6, 6.07) is 7.58. The molecule has 1 aromatic carbocycles. The van der Waals surface area contributed by atoms with Crippen molar-refractivity contribution in [3.05, 3.63) is 39.9 Å². The summed E-state index contributed by atoms with van der Waals surface area (Å²) in [7, 11) is 0. The van der Waals surface area contributed by atoms with E-state index < -0.39 is 11.0 Å². The monoisotopic (exact) mass is 290 g/mol. The number of non-ortho nitro benzene ring substituents is 1. The molecule has 3 rings (SSSR count). The van der Waals surface area contributed by atoms with Crippen molar-refractivity contribution >= 4 is 5.69 Å². The van der Waals surface area contributed by atoms with E-state index in [-0.39, 0.29) is 5.69 Å². The van der Waals surface area contributed by atoms with Gasteiger partial charge in [-0.25, -0.2) is 0 Å². The SMILES string of the molecule is O=[N+]([O-])c1cccc(C(O)CN(C2CCCC2)C2CC2)c1. The molecule has 0 radical (unpaired) electrons. The summed E-state index contributed by atoms with van der Waals surface area (Å²) < 4.78 is 0. The Morgan fingerprint density at radius 3 is 2.52 bits per heavy atom. The molecular formula is C16H22N2O3. The first-order valence-corrected chi connectivity index (χ1v) is 7.83. The Bertz CT molecular complexity index is 510. The van der Waals surface area contributed by atoms with Crippen molar-refractivity contribution in [2.45, 2.75) is 56.7 Å². The smallest absolute Gasteiger partial charge is 0.269 e. The molecule has 0 heterocycles. The van der Waals surface area contributed by atoms with Crippen LogP contribution in [0.1, 0.15) is 50.2 Å². The quantitative estimate of drug-likeness (QED) is 0.646. The highest BCUT2D eigenvalue weighted by molar-refractivity contribution is 5.35. The summed E-state index contributed by atoms with van der Waals surface area (Å²) in [5.41, 5.74) is 0.693. The van der Waals surface area contributed by atoms with E-state index >= 15 is 0 Å². The van der Waals surface area contributed by atoms with E-state index in [2.05, 4.69) is 4.90 Å². The second-order valence-electron chi connectivity index (χ2n) is 6.23. The molecule has 0 bridgehead atoms. The fourth-order valence-corrected chi connectivity index (χ4v) is 3.39. The Labute approximate surface area is 124 Å². The maximum Gasteiger partial charge on any atom is 0.269 e. The van der Waals surface area contributed by atoms with Gasteiger partial charge in [0.1, 0.15) is 0 Å². The summed E-state index contributed by atoms with van der Waals surface area (Å²) >= 11 is 0.